The SMILES string of the molecule is C#CC[C@@H](NS(=O)(=O)Cc1ccccc1)C(=O)O. The maximum Gasteiger partial charge on any atom is 0.322 e. The van der Waals surface area contributed by atoms with Crippen molar-refractivity contribution in [1.82, 2.24) is 4.72 Å². The summed E-state index contributed by atoms with van der Waals surface area (Å²) in [7, 11) is -3.73. The van der Waals surface area contributed by atoms with Crippen molar-refractivity contribution in [2.75, 3.05) is 0 Å². The van der Waals surface area contributed by atoms with Crippen LogP contribution in [0.5, 0.6) is 0 Å². The molecule has 0 aromatic heterocycles. The summed E-state index contributed by atoms with van der Waals surface area (Å²) in [5, 5.41) is 8.81. The second-order valence-corrected chi connectivity index (χ2v) is 5.42. The van der Waals surface area contributed by atoms with E-state index in [-0.39, 0.29) is 12.2 Å². The predicted molar refractivity (Wildman–Crippen MR) is 67.1 cm³/mol. The summed E-state index contributed by atoms with van der Waals surface area (Å²) in [6.45, 7) is 0. The zero-order valence-corrected chi connectivity index (χ0v) is 10.4. The zero-order chi connectivity index (χ0) is 13.6. The van der Waals surface area contributed by atoms with Crippen LogP contribution < -0.4 is 4.72 Å². The molecule has 0 spiro atoms. The molecule has 0 saturated heterocycles. The number of carboxylic acid groups (broad SMARTS) is 1. The van der Waals surface area contributed by atoms with E-state index in [0.29, 0.717) is 5.56 Å². The molecule has 2 N–H and O–H groups in total. The molecule has 0 radical (unpaired) electrons. The first-order valence-corrected chi connectivity index (χ1v) is 6.80. The first-order chi connectivity index (χ1) is 8.44. The third kappa shape index (κ3) is 4.57. The minimum absolute atomic E-state index is 0.191. The molecule has 0 aliphatic rings. The second kappa shape index (κ2) is 6.19. The van der Waals surface area contributed by atoms with Crippen LogP contribution in [0.4, 0.5) is 0 Å². The average Bonchev–Trinajstić information content (AvgIpc) is 2.28. The van der Waals surface area contributed by atoms with Crippen molar-refractivity contribution in [3.05, 3.63) is 35.9 Å². The number of terminal acetylenes is 1. The van der Waals surface area contributed by atoms with Gasteiger partial charge in [0.2, 0.25) is 10.0 Å². The van der Waals surface area contributed by atoms with Gasteiger partial charge in [-0.05, 0) is 5.56 Å². The Morgan fingerprint density at radius 3 is 2.50 bits per heavy atom. The molecule has 5 nitrogen and oxygen atoms in total. The lowest BCUT2D eigenvalue weighted by Gasteiger charge is -2.12. The van der Waals surface area contributed by atoms with E-state index in [0.717, 1.165) is 0 Å². The van der Waals surface area contributed by atoms with Gasteiger partial charge in [-0.3, -0.25) is 4.79 Å². The zero-order valence-electron chi connectivity index (χ0n) is 9.54. The summed E-state index contributed by atoms with van der Waals surface area (Å²) >= 11 is 0. The molecule has 1 aromatic carbocycles. The van der Waals surface area contributed by atoms with Crippen LogP contribution in [0.3, 0.4) is 0 Å². The molecule has 1 aromatic rings. The Morgan fingerprint density at radius 1 is 1.39 bits per heavy atom. The fourth-order valence-electron chi connectivity index (χ4n) is 1.35. The number of nitrogens with one attached hydrogen (secondary N) is 1. The molecule has 0 amide bonds. The minimum Gasteiger partial charge on any atom is -0.480 e. The van der Waals surface area contributed by atoms with E-state index in [1.54, 1.807) is 30.3 Å². The van der Waals surface area contributed by atoms with Crippen molar-refractivity contribution in [1.29, 1.82) is 0 Å². The molecule has 6 heteroatoms. The van der Waals surface area contributed by atoms with Crippen LogP contribution in [-0.4, -0.2) is 25.5 Å². The average molecular weight is 267 g/mol. The van der Waals surface area contributed by atoms with Gasteiger partial charge in [-0.15, -0.1) is 12.3 Å². The van der Waals surface area contributed by atoms with Gasteiger partial charge >= 0.3 is 5.97 Å². The Bertz CT molecular complexity index is 545. The van der Waals surface area contributed by atoms with Crippen molar-refractivity contribution in [2.24, 2.45) is 0 Å². The van der Waals surface area contributed by atoms with Crippen LogP contribution >= 0.6 is 0 Å². The number of sulfonamides is 1. The van der Waals surface area contributed by atoms with Gasteiger partial charge in [-0.1, -0.05) is 30.3 Å². The van der Waals surface area contributed by atoms with E-state index in [2.05, 4.69) is 10.6 Å². The van der Waals surface area contributed by atoms with Crippen LogP contribution in [0.2, 0.25) is 0 Å². The Balaban J connectivity index is 2.76. The van der Waals surface area contributed by atoms with Crippen molar-refractivity contribution in [3.8, 4) is 12.3 Å². The third-order valence-corrected chi connectivity index (χ3v) is 3.50. The summed E-state index contributed by atoms with van der Waals surface area (Å²) in [5.41, 5.74) is 0.579. The van der Waals surface area contributed by atoms with E-state index in [1.165, 1.54) is 0 Å². The Labute approximate surface area is 106 Å². The molecule has 0 bridgehead atoms. The number of rotatable bonds is 6. The molecule has 0 fully saturated rings. The van der Waals surface area contributed by atoms with Crippen molar-refractivity contribution < 1.29 is 18.3 Å². The van der Waals surface area contributed by atoms with Crippen molar-refractivity contribution in [2.45, 2.75) is 18.2 Å². The molecule has 18 heavy (non-hydrogen) atoms. The van der Waals surface area contributed by atoms with Crippen LogP contribution in [0.25, 0.3) is 0 Å². The number of hydrogen-bond donors (Lipinski definition) is 2. The number of aliphatic carboxylic acids is 1. The van der Waals surface area contributed by atoms with Gasteiger partial charge < -0.3 is 5.11 Å². The van der Waals surface area contributed by atoms with Crippen LogP contribution in [0, 0.1) is 12.3 Å². The minimum atomic E-state index is -3.73. The molecular weight excluding hydrogens is 254 g/mol. The second-order valence-electron chi connectivity index (χ2n) is 3.66. The molecule has 0 saturated carbocycles. The normalized spacial score (nSPS) is 12.6. The first-order valence-electron chi connectivity index (χ1n) is 5.15. The fraction of sp³-hybridized carbons (Fsp3) is 0.250. The summed E-state index contributed by atoms with van der Waals surface area (Å²) in [6.07, 6.45) is 4.80. The number of carbonyl (C=O) groups is 1. The molecule has 96 valence electrons. The van der Waals surface area contributed by atoms with Crippen LogP contribution in [0.15, 0.2) is 30.3 Å². The van der Waals surface area contributed by atoms with Crippen molar-refractivity contribution in [3.63, 3.8) is 0 Å². The van der Waals surface area contributed by atoms with Gasteiger partial charge in [-0.25, -0.2) is 8.42 Å². The number of carboxylic acids is 1. The first kappa shape index (κ1) is 14.2. The summed E-state index contributed by atoms with van der Waals surface area (Å²) in [4.78, 5) is 10.8. The Morgan fingerprint density at radius 2 is 2.00 bits per heavy atom. The van der Waals surface area contributed by atoms with Gasteiger partial charge in [-0.2, -0.15) is 4.72 Å². The molecular formula is C12H13NO4S. The van der Waals surface area contributed by atoms with E-state index in [4.69, 9.17) is 11.5 Å². The molecule has 1 rings (SSSR count). The van der Waals surface area contributed by atoms with Gasteiger partial charge in [0.25, 0.3) is 0 Å². The number of hydrogen-bond acceptors (Lipinski definition) is 3. The topological polar surface area (TPSA) is 83.5 Å². The highest BCUT2D eigenvalue weighted by Gasteiger charge is 2.23. The smallest absolute Gasteiger partial charge is 0.322 e. The summed E-state index contributed by atoms with van der Waals surface area (Å²) in [6, 6.07) is 7.19. The van der Waals surface area contributed by atoms with Gasteiger partial charge in [0.05, 0.1) is 5.75 Å². The number of benzene rings is 1. The highest BCUT2D eigenvalue weighted by molar-refractivity contribution is 7.88. The fourth-order valence-corrected chi connectivity index (χ4v) is 2.68. The van der Waals surface area contributed by atoms with Crippen LogP contribution in [-0.2, 0) is 20.6 Å². The highest BCUT2D eigenvalue weighted by atomic mass is 32.2. The van der Waals surface area contributed by atoms with Crippen LogP contribution in [0.1, 0.15) is 12.0 Å². The lowest BCUT2D eigenvalue weighted by Crippen LogP contribution is -2.41. The largest absolute Gasteiger partial charge is 0.480 e. The lowest BCUT2D eigenvalue weighted by atomic mass is 10.2. The third-order valence-electron chi connectivity index (χ3n) is 2.14. The highest BCUT2D eigenvalue weighted by Crippen LogP contribution is 2.05. The van der Waals surface area contributed by atoms with Gasteiger partial charge in [0.1, 0.15) is 6.04 Å². The molecule has 0 aliphatic carbocycles. The summed E-state index contributed by atoms with van der Waals surface area (Å²) in [5.74, 6) is 0.565. The monoisotopic (exact) mass is 267 g/mol. The maximum absolute atomic E-state index is 11.7. The van der Waals surface area contributed by atoms with Crippen molar-refractivity contribution >= 4 is 16.0 Å². The Kier molecular flexibility index (Phi) is 4.89. The standard InChI is InChI=1S/C12H13NO4S/c1-2-6-11(12(14)15)13-18(16,17)9-10-7-4-3-5-8-10/h1,3-5,7-8,11,13H,6,9H2,(H,14,15)/t11-/m1/s1. The van der Waals surface area contributed by atoms with Gasteiger partial charge in [0, 0.05) is 6.42 Å². The van der Waals surface area contributed by atoms with E-state index in [1.807, 2.05) is 0 Å². The molecule has 0 aliphatic heterocycles. The maximum atomic E-state index is 11.7. The predicted octanol–water partition coefficient (Wildman–Crippen LogP) is 0.583. The van der Waals surface area contributed by atoms with E-state index >= 15 is 0 Å². The lowest BCUT2D eigenvalue weighted by molar-refractivity contribution is -0.138. The quantitative estimate of drug-likeness (QED) is 0.739. The summed E-state index contributed by atoms with van der Waals surface area (Å²) < 4.78 is 25.6. The molecule has 0 unspecified atom stereocenters. The van der Waals surface area contributed by atoms with Gasteiger partial charge in [0.15, 0.2) is 0 Å². The van der Waals surface area contributed by atoms with E-state index < -0.39 is 22.0 Å². The Hall–Kier alpha value is -1.84. The van der Waals surface area contributed by atoms with E-state index in [9.17, 15) is 13.2 Å². The molecule has 0 heterocycles. The molecule has 1 atom stereocenters.